The number of amides is 1. The number of aromatic carboxylic acids is 1. The van der Waals surface area contributed by atoms with Crippen molar-refractivity contribution in [2.75, 3.05) is 18.1 Å². The standard InChI is InChI=1S/C34H35N3O4/c1-23-7-3-12-30(24(23)2)41-18-6-13-31(38)37-17-16-34(14-15-34)32-28(10-5-11-29(32)37)27-20-35-36(22-27)21-25-8-4-9-26(19-25)33(39)40/h3-5,7-12,19-20,22H,6,13-18,21H2,1-2H3,(H,39,40). The van der Waals surface area contributed by atoms with E-state index in [1.165, 1.54) is 11.1 Å². The maximum atomic E-state index is 13.5. The Hall–Kier alpha value is -4.39. The lowest BCUT2D eigenvalue weighted by Gasteiger charge is -2.36. The van der Waals surface area contributed by atoms with Gasteiger partial charge in [0.2, 0.25) is 5.91 Å². The molecule has 0 saturated heterocycles. The Kier molecular flexibility index (Phi) is 7.12. The lowest BCUT2D eigenvalue weighted by Crippen LogP contribution is -2.39. The van der Waals surface area contributed by atoms with Crippen LogP contribution in [0.3, 0.4) is 0 Å². The van der Waals surface area contributed by atoms with Crippen LogP contribution in [0.4, 0.5) is 5.69 Å². The molecular formula is C34H35N3O4. The van der Waals surface area contributed by atoms with Crippen LogP contribution in [0.15, 0.2) is 73.1 Å². The number of carboxylic acids is 1. The van der Waals surface area contributed by atoms with Crippen LogP contribution in [0.1, 0.15) is 64.7 Å². The molecule has 1 spiro atoms. The zero-order valence-electron chi connectivity index (χ0n) is 23.6. The number of ether oxygens (including phenoxy) is 1. The molecule has 4 aromatic rings. The van der Waals surface area contributed by atoms with Gasteiger partial charge in [-0.2, -0.15) is 5.10 Å². The van der Waals surface area contributed by atoms with E-state index in [-0.39, 0.29) is 16.9 Å². The van der Waals surface area contributed by atoms with Crippen LogP contribution in [-0.2, 0) is 16.8 Å². The van der Waals surface area contributed by atoms with Crippen molar-refractivity contribution in [3.63, 3.8) is 0 Å². The third-order valence-corrected chi connectivity index (χ3v) is 8.64. The second-order valence-electron chi connectivity index (χ2n) is 11.4. The molecule has 1 aliphatic carbocycles. The molecule has 0 radical (unpaired) electrons. The molecule has 3 aromatic carbocycles. The number of carbonyl (C=O) groups excluding carboxylic acids is 1. The lowest BCUT2D eigenvalue weighted by molar-refractivity contribution is -0.119. The summed E-state index contributed by atoms with van der Waals surface area (Å²) in [5.74, 6) is 0.0837. The van der Waals surface area contributed by atoms with Gasteiger partial charge in [-0.25, -0.2) is 4.79 Å². The molecule has 1 aromatic heterocycles. The van der Waals surface area contributed by atoms with Crippen LogP contribution in [0.2, 0.25) is 0 Å². The fourth-order valence-corrected chi connectivity index (χ4v) is 6.04. The number of nitrogens with zero attached hydrogens (tertiary/aromatic N) is 3. The minimum Gasteiger partial charge on any atom is -0.493 e. The molecule has 6 rings (SSSR count). The van der Waals surface area contributed by atoms with Crippen molar-refractivity contribution in [2.45, 2.75) is 57.9 Å². The van der Waals surface area contributed by atoms with E-state index in [9.17, 15) is 14.7 Å². The molecule has 1 N–H and O–H groups in total. The summed E-state index contributed by atoms with van der Waals surface area (Å²) in [6.45, 7) is 5.87. The second kappa shape index (κ2) is 10.9. The highest BCUT2D eigenvalue weighted by atomic mass is 16.5. The fraction of sp³-hybridized carbons (Fsp3) is 0.324. The maximum Gasteiger partial charge on any atom is 0.335 e. The molecule has 1 saturated carbocycles. The average Bonchev–Trinajstić information content (AvgIpc) is 3.59. The van der Waals surface area contributed by atoms with E-state index >= 15 is 0 Å². The summed E-state index contributed by atoms with van der Waals surface area (Å²) in [5.41, 5.74) is 8.05. The maximum absolute atomic E-state index is 13.5. The molecular weight excluding hydrogens is 514 g/mol. The lowest BCUT2D eigenvalue weighted by atomic mass is 9.82. The van der Waals surface area contributed by atoms with Crippen molar-refractivity contribution in [1.82, 2.24) is 9.78 Å². The van der Waals surface area contributed by atoms with Crippen molar-refractivity contribution in [2.24, 2.45) is 0 Å². The molecule has 41 heavy (non-hydrogen) atoms. The molecule has 1 amide bonds. The van der Waals surface area contributed by atoms with Gasteiger partial charge in [0.25, 0.3) is 0 Å². The van der Waals surface area contributed by atoms with Crippen molar-refractivity contribution in [1.29, 1.82) is 0 Å². The average molecular weight is 550 g/mol. The van der Waals surface area contributed by atoms with Gasteiger partial charge in [0.15, 0.2) is 0 Å². The number of hydrogen-bond acceptors (Lipinski definition) is 4. The highest BCUT2D eigenvalue weighted by molar-refractivity contribution is 5.97. The quantitative estimate of drug-likeness (QED) is 0.240. The van der Waals surface area contributed by atoms with E-state index in [0.29, 0.717) is 26.0 Å². The summed E-state index contributed by atoms with van der Waals surface area (Å²) in [6, 6.07) is 19.3. The molecule has 1 aliphatic heterocycles. The van der Waals surface area contributed by atoms with Crippen molar-refractivity contribution < 1.29 is 19.4 Å². The van der Waals surface area contributed by atoms with Gasteiger partial charge in [0.05, 0.1) is 24.9 Å². The fourth-order valence-electron chi connectivity index (χ4n) is 6.04. The molecule has 1 fully saturated rings. The van der Waals surface area contributed by atoms with Crippen LogP contribution in [0.25, 0.3) is 11.1 Å². The molecule has 2 aliphatic rings. The number of benzene rings is 3. The van der Waals surface area contributed by atoms with Gasteiger partial charge in [0.1, 0.15) is 5.75 Å². The summed E-state index contributed by atoms with van der Waals surface area (Å²) >= 11 is 0. The third-order valence-electron chi connectivity index (χ3n) is 8.64. The molecule has 0 bridgehead atoms. The molecule has 7 nitrogen and oxygen atoms in total. The number of fused-ring (bicyclic) bond motifs is 2. The van der Waals surface area contributed by atoms with E-state index in [1.807, 2.05) is 46.2 Å². The van der Waals surface area contributed by atoms with Gasteiger partial charge in [0, 0.05) is 30.4 Å². The second-order valence-corrected chi connectivity index (χ2v) is 11.4. The Balaban J connectivity index is 1.18. The first-order chi connectivity index (χ1) is 19.8. The van der Waals surface area contributed by atoms with E-state index < -0.39 is 5.97 Å². The van der Waals surface area contributed by atoms with Crippen LogP contribution in [-0.4, -0.2) is 39.9 Å². The van der Waals surface area contributed by atoms with Gasteiger partial charge in [-0.1, -0.05) is 36.4 Å². The summed E-state index contributed by atoms with van der Waals surface area (Å²) in [7, 11) is 0. The monoisotopic (exact) mass is 549 g/mol. The summed E-state index contributed by atoms with van der Waals surface area (Å²) in [6.07, 6.45) is 8.24. The number of rotatable bonds is 9. The predicted molar refractivity (Wildman–Crippen MR) is 159 cm³/mol. The molecule has 0 atom stereocenters. The third kappa shape index (κ3) is 5.36. The minimum atomic E-state index is -0.938. The number of hydrogen-bond donors (Lipinski definition) is 1. The first-order valence-electron chi connectivity index (χ1n) is 14.3. The van der Waals surface area contributed by atoms with Crippen molar-refractivity contribution in [3.05, 3.63) is 101 Å². The van der Waals surface area contributed by atoms with Crippen molar-refractivity contribution in [3.8, 4) is 16.9 Å². The number of aryl methyl sites for hydroxylation is 1. The topological polar surface area (TPSA) is 84.7 Å². The normalized spacial score (nSPS) is 15.0. The van der Waals surface area contributed by atoms with Gasteiger partial charge < -0.3 is 14.7 Å². The zero-order chi connectivity index (χ0) is 28.6. The SMILES string of the molecule is Cc1cccc(OCCCC(=O)N2CCC3(CC3)c3c(-c4cnn(Cc5cccc(C(=O)O)c5)c4)cccc32)c1C. The number of aromatic nitrogens is 2. The van der Waals surface area contributed by atoms with Gasteiger partial charge in [-0.05, 0) is 97.0 Å². The highest BCUT2D eigenvalue weighted by Gasteiger charge is 2.50. The van der Waals surface area contributed by atoms with E-state index in [2.05, 4.69) is 37.1 Å². The Morgan fingerprint density at radius 1 is 1.02 bits per heavy atom. The van der Waals surface area contributed by atoms with E-state index in [4.69, 9.17) is 4.74 Å². The van der Waals surface area contributed by atoms with Gasteiger partial charge in [-0.3, -0.25) is 9.48 Å². The zero-order valence-corrected chi connectivity index (χ0v) is 23.6. The molecule has 0 unspecified atom stereocenters. The Morgan fingerprint density at radius 2 is 1.83 bits per heavy atom. The Bertz CT molecular complexity index is 1620. The number of anilines is 1. The van der Waals surface area contributed by atoms with Gasteiger partial charge in [-0.15, -0.1) is 0 Å². The van der Waals surface area contributed by atoms with Crippen LogP contribution < -0.4 is 9.64 Å². The molecule has 7 heteroatoms. The van der Waals surface area contributed by atoms with Crippen LogP contribution >= 0.6 is 0 Å². The number of carboxylic acid groups (broad SMARTS) is 1. The Morgan fingerprint density at radius 3 is 2.63 bits per heavy atom. The van der Waals surface area contributed by atoms with Crippen LogP contribution in [0.5, 0.6) is 5.75 Å². The largest absolute Gasteiger partial charge is 0.493 e. The summed E-state index contributed by atoms with van der Waals surface area (Å²) in [5, 5.41) is 13.9. The molecule has 210 valence electrons. The Labute approximate surface area is 240 Å². The number of carbonyl (C=O) groups is 2. The minimum absolute atomic E-state index is 0.131. The smallest absolute Gasteiger partial charge is 0.335 e. The highest BCUT2D eigenvalue weighted by Crippen LogP contribution is 2.59. The van der Waals surface area contributed by atoms with Crippen LogP contribution in [0, 0.1) is 13.8 Å². The predicted octanol–water partition coefficient (Wildman–Crippen LogP) is 6.54. The molecule has 2 heterocycles. The van der Waals surface area contributed by atoms with E-state index in [0.717, 1.165) is 59.5 Å². The summed E-state index contributed by atoms with van der Waals surface area (Å²) in [4.78, 5) is 26.8. The van der Waals surface area contributed by atoms with Gasteiger partial charge >= 0.3 is 5.97 Å². The first-order valence-corrected chi connectivity index (χ1v) is 14.3. The van der Waals surface area contributed by atoms with Crippen molar-refractivity contribution >= 4 is 17.6 Å². The summed E-state index contributed by atoms with van der Waals surface area (Å²) < 4.78 is 7.84. The first kappa shape index (κ1) is 26.8. The van der Waals surface area contributed by atoms with E-state index in [1.54, 1.807) is 18.2 Å².